The first-order chi connectivity index (χ1) is 18.7. The molecule has 4 nitrogen and oxygen atoms in total. The maximum atomic E-state index is 6.22. The van der Waals surface area contributed by atoms with Crippen LogP contribution in [0.25, 0.3) is 22.3 Å². The summed E-state index contributed by atoms with van der Waals surface area (Å²) in [6.07, 6.45) is 17.3. The van der Waals surface area contributed by atoms with Crippen LogP contribution in [0, 0.1) is 0 Å². The lowest BCUT2D eigenvalue weighted by Gasteiger charge is -2.07. The molecular formula is C34H44N4+2. The van der Waals surface area contributed by atoms with E-state index in [1.165, 1.54) is 86.5 Å². The number of hydrogen-bond acceptors (Lipinski definition) is 2. The molecule has 0 saturated carbocycles. The van der Waals surface area contributed by atoms with E-state index in [1.807, 2.05) is 12.1 Å². The normalized spacial score (nSPS) is 11.1. The minimum absolute atomic E-state index is 0.842. The molecule has 0 amide bonds. The first-order valence-electron chi connectivity index (χ1n) is 14.4. The number of rotatable bonds is 15. The smallest absolute Gasteiger partial charge is 0.272 e. The lowest BCUT2D eigenvalue weighted by atomic mass is 10.1. The van der Waals surface area contributed by atoms with Crippen molar-refractivity contribution in [2.75, 3.05) is 11.5 Å². The third kappa shape index (κ3) is 8.44. The minimum atomic E-state index is 0.842. The molecular weight excluding hydrogens is 464 g/mol. The fourth-order valence-electron chi connectivity index (χ4n) is 5.08. The van der Waals surface area contributed by atoms with Crippen LogP contribution in [0.3, 0.4) is 0 Å². The molecule has 2 aromatic carbocycles. The SMILES string of the molecule is Nc1ccc(-c2ccccc2)c[n+]1CCCCCCCCCCCC[n+]1cc(-c2ccccc2)ccc1N. The fourth-order valence-corrected chi connectivity index (χ4v) is 5.08. The minimum Gasteiger partial charge on any atom is -0.287 e. The Labute approximate surface area is 229 Å². The van der Waals surface area contributed by atoms with E-state index >= 15 is 0 Å². The van der Waals surface area contributed by atoms with Crippen molar-refractivity contribution >= 4 is 11.6 Å². The quantitative estimate of drug-likeness (QED) is 0.130. The Bertz CT molecular complexity index is 1140. The van der Waals surface area contributed by atoms with E-state index in [2.05, 4.69) is 94.3 Å². The number of nitrogens with zero attached hydrogens (tertiary/aromatic N) is 2. The predicted molar refractivity (Wildman–Crippen MR) is 159 cm³/mol. The lowest BCUT2D eigenvalue weighted by Crippen LogP contribution is -2.37. The molecule has 0 unspecified atom stereocenters. The van der Waals surface area contributed by atoms with Gasteiger partial charge >= 0.3 is 0 Å². The Kier molecular flexibility index (Phi) is 10.8. The molecule has 0 saturated heterocycles. The molecule has 2 aromatic heterocycles. The van der Waals surface area contributed by atoms with Gasteiger partial charge in [-0.25, -0.2) is 9.13 Å². The summed E-state index contributed by atoms with van der Waals surface area (Å²) in [7, 11) is 0. The number of anilines is 2. The highest BCUT2D eigenvalue weighted by atomic mass is 15.0. The Morgan fingerprint density at radius 1 is 0.368 bits per heavy atom. The van der Waals surface area contributed by atoms with E-state index in [0.717, 1.165) is 24.7 Å². The Morgan fingerprint density at radius 3 is 1.08 bits per heavy atom. The van der Waals surface area contributed by atoms with Crippen LogP contribution in [0.5, 0.6) is 0 Å². The van der Waals surface area contributed by atoms with Crippen molar-refractivity contribution in [1.82, 2.24) is 0 Å². The molecule has 0 aliphatic heterocycles. The fraction of sp³-hybridized carbons (Fsp3) is 0.353. The number of nitrogen functional groups attached to an aromatic ring is 2. The number of benzene rings is 2. The first-order valence-corrected chi connectivity index (χ1v) is 14.4. The number of pyridine rings is 2. The van der Waals surface area contributed by atoms with Crippen LogP contribution in [0.4, 0.5) is 11.6 Å². The van der Waals surface area contributed by atoms with Gasteiger partial charge in [-0.1, -0.05) is 99.2 Å². The number of hydrogen-bond donors (Lipinski definition) is 2. The molecule has 4 heteroatoms. The summed E-state index contributed by atoms with van der Waals surface area (Å²) in [4.78, 5) is 0. The number of aromatic nitrogens is 2. The van der Waals surface area contributed by atoms with E-state index in [4.69, 9.17) is 11.5 Å². The monoisotopic (exact) mass is 508 g/mol. The molecule has 198 valence electrons. The predicted octanol–water partition coefficient (Wildman–Crippen LogP) is 7.36. The van der Waals surface area contributed by atoms with Gasteiger partial charge in [0.05, 0.1) is 25.5 Å². The summed E-state index contributed by atoms with van der Waals surface area (Å²) in [6, 6.07) is 29.3. The van der Waals surface area contributed by atoms with Crippen molar-refractivity contribution in [1.29, 1.82) is 0 Å². The zero-order valence-electron chi connectivity index (χ0n) is 22.8. The third-order valence-corrected chi connectivity index (χ3v) is 7.38. The highest BCUT2D eigenvalue weighted by Gasteiger charge is 2.08. The van der Waals surface area contributed by atoms with Gasteiger partial charge in [-0.3, -0.25) is 11.5 Å². The number of aryl methyl sites for hydroxylation is 2. The molecule has 4 N–H and O–H groups in total. The highest BCUT2D eigenvalue weighted by Crippen LogP contribution is 2.19. The first kappa shape index (κ1) is 27.4. The standard InChI is InChI=1S/C34H42N4/c35-33-23-21-31(29-17-11-9-12-18-29)27-37(33)25-15-7-5-3-1-2-4-6-8-16-26-38-28-32(22-24-34(38)36)30-19-13-10-14-20-30/h9-14,17-24,27-28,35-36H,1-8,15-16,25-26H2/p+2. The molecule has 0 aliphatic rings. The van der Waals surface area contributed by atoms with Gasteiger partial charge in [0.25, 0.3) is 11.6 Å². The van der Waals surface area contributed by atoms with E-state index < -0.39 is 0 Å². The molecule has 0 fully saturated rings. The zero-order chi connectivity index (χ0) is 26.4. The molecule has 38 heavy (non-hydrogen) atoms. The largest absolute Gasteiger partial charge is 0.287 e. The summed E-state index contributed by atoms with van der Waals surface area (Å²) in [5, 5.41) is 0. The summed E-state index contributed by atoms with van der Waals surface area (Å²) in [5.41, 5.74) is 17.4. The number of nitrogens with two attached hydrogens (primary N) is 2. The average Bonchev–Trinajstić information content (AvgIpc) is 2.96. The molecule has 0 atom stereocenters. The van der Waals surface area contributed by atoms with Crippen LogP contribution in [-0.2, 0) is 13.1 Å². The van der Waals surface area contributed by atoms with Crippen LogP contribution >= 0.6 is 0 Å². The van der Waals surface area contributed by atoms with Crippen LogP contribution in [-0.4, -0.2) is 0 Å². The maximum Gasteiger partial charge on any atom is 0.272 e. The third-order valence-electron chi connectivity index (χ3n) is 7.38. The van der Waals surface area contributed by atoms with E-state index in [-0.39, 0.29) is 0 Å². The van der Waals surface area contributed by atoms with Gasteiger partial charge in [0.2, 0.25) is 0 Å². The summed E-state index contributed by atoms with van der Waals surface area (Å²) in [6.45, 7) is 1.98. The van der Waals surface area contributed by atoms with Crippen LogP contribution in [0.1, 0.15) is 64.2 Å². The molecule has 0 aliphatic carbocycles. The Balaban J connectivity index is 1.04. The topological polar surface area (TPSA) is 59.8 Å². The van der Waals surface area contributed by atoms with Gasteiger partial charge in [0, 0.05) is 23.3 Å². The van der Waals surface area contributed by atoms with Gasteiger partial charge < -0.3 is 0 Å². The Hall–Kier alpha value is -3.66. The second-order valence-electron chi connectivity index (χ2n) is 10.3. The van der Waals surface area contributed by atoms with E-state index in [9.17, 15) is 0 Å². The lowest BCUT2D eigenvalue weighted by molar-refractivity contribution is -0.683. The van der Waals surface area contributed by atoms with Crippen molar-refractivity contribution in [3.05, 3.63) is 97.3 Å². The average molecular weight is 509 g/mol. The van der Waals surface area contributed by atoms with Gasteiger partial charge in [-0.05, 0) is 48.9 Å². The molecule has 0 bridgehead atoms. The van der Waals surface area contributed by atoms with E-state index in [0.29, 0.717) is 0 Å². The zero-order valence-corrected chi connectivity index (χ0v) is 22.8. The van der Waals surface area contributed by atoms with Crippen molar-refractivity contribution in [2.24, 2.45) is 0 Å². The van der Waals surface area contributed by atoms with Gasteiger partial charge in [0.15, 0.2) is 0 Å². The van der Waals surface area contributed by atoms with Crippen molar-refractivity contribution in [3.63, 3.8) is 0 Å². The summed E-state index contributed by atoms with van der Waals surface area (Å²) < 4.78 is 4.40. The van der Waals surface area contributed by atoms with Crippen molar-refractivity contribution in [3.8, 4) is 22.3 Å². The van der Waals surface area contributed by atoms with Gasteiger partial charge in [0.1, 0.15) is 0 Å². The summed E-state index contributed by atoms with van der Waals surface area (Å²) >= 11 is 0. The second-order valence-corrected chi connectivity index (χ2v) is 10.3. The van der Waals surface area contributed by atoms with Gasteiger partial charge in [-0.2, -0.15) is 0 Å². The molecule has 4 rings (SSSR count). The highest BCUT2D eigenvalue weighted by molar-refractivity contribution is 5.62. The summed E-state index contributed by atoms with van der Waals surface area (Å²) in [5.74, 6) is 1.68. The van der Waals surface area contributed by atoms with Crippen molar-refractivity contribution < 1.29 is 9.13 Å². The van der Waals surface area contributed by atoms with Crippen LogP contribution < -0.4 is 20.6 Å². The van der Waals surface area contributed by atoms with Gasteiger partial charge in [-0.15, -0.1) is 0 Å². The molecule has 0 spiro atoms. The van der Waals surface area contributed by atoms with E-state index in [1.54, 1.807) is 0 Å². The molecule has 0 radical (unpaired) electrons. The second kappa shape index (κ2) is 14.9. The van der Waals surface area contributed by atoms with Crippen LogP contribution in [0.15, 0.2) is 97.3 Å². The molecule has 4 aromatic rings. The maximum absolute atomic E-state index is 6.22. The van der Waals surface area contributed by atoms with Crippen molar-refractivity contribution in [2.45, 2.75) is 77.3 Å². The Morgan fingerprint density at radius 2 is 0.711 bits per heavy atom. The number of unbranched alkanes of at least 4 members (excludes halogenated alkanes) is 9. The van der Waals surface area contributed by atoms with Crippen LogP contribution in [0.2, 0.25) is 0 Å². The molecule has 2 heterocycles.